The molecule has 2 aromatic carbocycles. The maximum Gasteiger partial charge on any atom is 0.0950 e. The van der Waals surface area contributed by atoms with Crippen LogP contribution in [-0.4, -0.2) is 19.2 Å². The van der Waals surface area contributed by atoms with Crippen molar-refractivity contribution in [2.24, 2.45) is 0 Å². The van der Waals surface area contributed by atoms with Gasteiger partial charge in [0.1, 0.15) is 0 Å². The highest BCUT2D eigenvalue weighted by atomic mass is 16.5. The van der Waals surface area contributed by atoms with Gasteiger partial charge < -0.3 is 10.1 Å². The Balaban J connectivity index is 1.82. The summed E-state index contributed by atoms with van der Waals surface area (Å²) in [5.74, 6) is 0. The molecule has 1 aliphatic rings. The number of nitrogens with one attached hydrogen (secondary N) is 1. The van der Waals surface area contributed by atoms with Gasteiger partial charge in [-0.1, -0.05) is 43.3 Å². The van der Waals surface area contributed by atoms with Crippen LogP contribution in [0.5, 0.6) is 0 Å². The zero-order valence-electron chi connectivity index (χ0n) is 10.7. The third kappa shape index (κ3) is 2.26. The van der Waals surface area contributed by atoms with Gasteiger partial charge in [0.25, 0.3) is 0 Å². The van der Waals surface area contributed by atoms with E-state index in [1.54, 1.807) is 0 Å². The molecule has 94 valence electrons. The van der Waals surface area contributed by atoms with Crippen LogP contribution in [0.25, 0.3) is 10.8 Å². The molecule has 2 unspecified atom stereocenters. The summed E-state index contributed by atoms with van der Waals surface area (Å²) in [4.78, 5) is 0. The van der Waals surface area contributed by atoms with Gasteiger partial charge in [-0.2, -0.15) is 0 Å². The van der Waals surface area contributed by atoms with E-state index in [4.69, 9.17) is 4.74 Å². The Labute approximate surface area is 108 Å². The second-order valence-electron chi connectivity index (χ2n) is 4.94. The van der Waals surface area contributed by atoms with Crippen LogP contribution in [-0.2, 0) is 4.74 Å². The highest BCUT2D eigenvalue weighted by Gasteiger charge is 2.21. The fourth-order valence-corrected chi connectivity index (χ4v) is 2.51. The minimum absolute atomic E-state index is 0.192. The van der Waals surface area contributed by atoms with E-state index in [0.29, 0.717) is 6.04 Å². The van der Waals surface area contributed by atoms with Gasteiger partial charge >= 0.3 is 0 Å². The van der Waals surface area contributed by atoms with Crippen molar-refractivity contribution in [1.82, 2.24) is 5.32 Å². The van der Waals surface area contributed by atoms with Crippen LogP contribution >= 0.6 is 0 Å². The Morgan fingerprint density at radius 2 is 2.00 bits per heavy atom. The summed E-state index contributed by atoms with van der Waals surface area (Å²) in [6.07, 6.45) is 1.32. The highest BCUT2D eigenvalue weighted by Crippen LogP contribution is 2.24. The first-order chi connectivity index (χ1) is 8.86. The van der Waals surface area contributed by atoms with E-state index < -0.39 is 0 Å². The molecule has 3 rings (SSSR count). The Morgan fingerprint density at radius 1 is 1.17 bits per heavy atom. The van der Waals surface area contributed by atoms with Crippen molar-refractivity contribution in [1.29, 1.82) is 0 Å². The number of morpholine rings is 1. The van der Waals surface area contributed by atoms with Gasteiger partial charge in [0.2, 0.25) is 0 Å². The van der Waals surface area contributed by atoms with Crippen molar-refractivity contribution in [2.75, 3.05) is 13.2 Å². The molecule has 0 amide bonds. The fraction of sp³-hybridized carbons (Fsp3) is 0.375. The van der Waals surface area contributed by atoms with Gasteiger partial charge in [0.15, 0.2) is 0 Å². The normalized spacial score (nSPS) is 24.3. The molecule has 1 saturated heterocycles. The van der Waals surface area contributed by atoms with E-state index in [9.17, 15) is 0 Å². The molecule has 1 N–H and O–H groups in total. The molecular formula is C16H19NO. The van der Waals surface area contributed by atoms with E-state index >= 15 is 0 Å². The number of hydrogen-bond acceptors (Lipinski definition) is 2. The van der Waals surface area contributed by atoms with Gasteiger partial charge in [-0.25, -0.2) is 0 Å². The molecule has 0 aliphatic carbocycles. The van der Waals surface area contributed by atoms with Crippen LogP contribution in [0.4, 0.5) is 0 Å². The summed E-state index contributed by atoms with van der Waals surface area (Å²) < 4.78 is 5.95. The fourth-order valence-electron chi connectivity index (χ4n) is 2.51. The first kappa shape index (κ1) is 11.7. The van der Waals surface area contributed by atoms with Crippen LogP contribution in [0.15, 0.2) is 42.5 Å². The maximum absolute atomic E-state index is 5.95. The van der Waals surface area contributed by atoms with Crippen molar-refractivity contribution >= 4 is 10.8 Å². The predicted molar refractivity (Wildman–Crippen MR) is 74.7 cm³/mol. The second kappa shape index (κ2) is 5.09. The first-order valence-electron chi connectivity index (χ1n) is 6.70. The van der Waals surface area contributed by atoms with Gasteiger partial charge in [0, 0.05) is 12.6 Å². The van der Waals surface area contributed by atoms with Gasteiger partial charge in [-0.3, -0.25) is 0 Å². The zero-order chi connectivity index (χ0) is 12.4. The van der Waals surface area contributed by atoms with E-state index in [2.05, 4.69) is 54.7 Å². The summed E-state index contributed by atoms with van der Waals surface area (Å²) in [5, 5.41) is 6.12. The molecule has 1 heterocycles. The number of fused-ring (bicyclic) bond motifs is 1. The summed E-state index contributed by atoms with van der Waals surface area (Å²) in [5.41, 5.74) is 1.27. The molecule has 0 spiro atoms. The van der Waals surface area contributed by atoms with Gasteiger partial charge in [-0.15, -0.1) is 0 Å². The van der Waals surface area contributed by atoms with Crippen LogP contribution in [0.3, 0.4) is 0 Å². The van der Waals surface area contributed by atoms with Crippen molar-refractivity contribution < 1.29 is 4.74 Å². The molecule has 2 nitrogen and oxygen atoms in total. The summed E-state index contributed by atoms with van der Waals surface area (Å²) >= 11 is 0. The van der Waals surface area contributed by atoms with Crippen molar-refractivity contribution in [2.45, 2.75) is 25.5 Å². The number of rotatable bonds is 2. The van der Waals surface area contributed by atoms with E-state index in [1.807, 2.05) is 0 Å². The Kier molecular flexibility index (Phi) is 3.31. The monoisotopic (exact) mass is 241 g/mol. The van der Waals surface area contributed by atoms with E-state index in [-0.39, 0.29) is 6.10 Å². The third-order valence-electron chi connectivity index (χ3n) is 3.73. The Morgan fingerprint density at radius 3 is 2.72 bits per heavy atom. The number of benzene rings is 2. The lowest BCUT2D eigenvalue weighted by atomic mass is 10.0. The molecule has 1 aliphatic heterocycles. The molecule has 0 aromatic heterocycles. The molecule has 0 saturated carbocycles. The predicted octanol–water partition coefficient (Wildman–Crippen LogP) is 3.28. The number of ether oxygens (including phenoxy) is 1. The molecule has 0 radical (unpaired) electrons. The average molecular weight is 241 g/mol. The van der Waals surface area contributed by atoms with Crippen molar-refractivity contribution in [3.8, 4) is 0 Å². The molecule has 1 fully saturated rings. The molecular weight excluding hydrogens is 222 g/mol. The van der Waals surface area contributed by atoms with Crippen molar-refractivity contribution in [3.05, 3.63) is 48.0 Å². The van der Waals surface area contributed by atoms with Crippen LogP contribution in [0.1, 0.15) is 25.0 Å². The van der Waals surface area contributed by atoms with E-state index in [0.717, 1.165) is 19.6 Å². The standard InChI is InChI=1S/C16H19NO/c1-2-15-11-18-16(10-17-15)14-8-7-12-5-3-4-6-13(12)9-14/h3-9,15-17H,2,10-11H2,1H3. The lowest BCUT2D eigenvalue weighted by Crippen LogP contribution is -2.42. The average Bonchev–Trinajstić information content (AvgIpc) is 2.47. The van der Waals surface area contributed by atoms with E-state index in [1.165, 1.54) is 16.3 Å². The molecule has 18 heavy (non-hydrogen) atoms. The summed E-state index contributed by atoms with van der Waals surface area (Å²) in [6.45, 7) is 3.92. The lowest BCUT2D eigenvalue weighted by Gasteiger charge is -2.30. The van der Waals surface area contributed by atoms with Crippen LogP contribution in [0, 0.1) is 0 Å². The first-order valence-corrected chi connectivity index (χ1v) is 6.70. The largest absolute Gasteiger partial charge is 0.371 e. The smallest absolute Gasteiger partial charge is 0.0950 e. The topological polar surface area (TPSA) is 21.3 Å². The SMILES string of the molecule is CCC1COC(c2ccc3ccccc3c2)CN1. The Bertz CT molecular complexity index is 529. The quantitative estimate of drug-likeness (QED) is 0.871. The number of hydrogen-bond donors (Lipinski definition) is 1. The maximum atomic E-state index is 5.95. The van der Waals surface area contributed by atoms with Gasteiger partial charge in [0.05, 0.1) is 12.7 Å². The minimum atomic E-state index is 0.192. The third-order valence-corrected chi connectivity index (χ3v) is 3.73. The Hall–Kier alpha value is -1.38. The molecule has 2 heteroatoms. The van der Waals surface area contributed by atoms with Crippen molar-refractivity contribution in [3.63, 3.8) is 0 Å². The second-order valence-corrected chi connectivity index (χ2v) is 4.94. The summed E-state index contributed by atoms with van der Waals surface area (Å²) in [6, 6.07) is 15.6. The molecule has 2 atom stereocenters. The van der Waals surface area contributed by atoms with Crippen LogP contribution < -0.4 is 5.32 Å². The minimum Gasteiger partial charge on any atom is -0.371 e. The highest BCUT2D eigenvalue weighted by molar-refractivity contribution is 5.83. The lowest BCUT2D eigenvalue weighted by molar-refractivity contribution is 0.00230. The molecule has 0 bridgehead atoms. The summed E-state index contributed by atoms with van der Waals surface area (Å²) in [7, 11) is 0. The zero-order valence-corrected chi connectivity index (χ0v) is 10.7. The van der Waals surface area contributed by atoms with Crippen LogP contribution in [0.2, 0.25) is 0 Å². The molecule has 2 aromatic rings. The van der Waals surface area contributed by atoms with Gasteiger partial charge in [-0.05, 0) is 28.8 Å².